The summed E-state index contributed by atoms with van der Waals surface area (Å²) in [5.41, 5.74) is 1.84. The van der Waals surface area contributed by atoms with E-state index in [2.05, 4.69) is 26.0 Å². The van der Waals surface area contributed by atoms with E-state index >= 15 is 0 Å². The van der Waals surface area contributed by atoms with Crippen molar-refractivity contribution in [3.63, 3.8) is 0 Å². The first-order valence-electron chi connectivity index (χ1n) is 10.5. The van der Waals surface area contributed by atoms with Gasteiger partial charge in [-0.05, 0) is 35.4 Å². The second-order valence-corrected chi connectivity index (χ2v) is 8.02. The maximum atomic E-state index is 12.4. The summed E-state index contributed by atoms with van der Waals surface area (Å²) in [4.78, 5) is 38.4. The highest BCUT2D eigenvalue weighted by Crippen LogP contribution is 2.35. The van der Waals surface area contributed by atoms with Crippen molar-refractivity contribution in [2.24, 2.45) is 0 Å². The van der Waals surface area contributed by atoms with Crippen molar-refractivity contribution >= 4 is 45.2 Å². The molecule has 3 aromatic rings. The molecule has 2 aromatic carbocycles. The standard InChI is InChI=1S/C22H23N5O4/c28-18-6-4-16(22(30)25-18)21-20-15-3-2-14(11-13(15)1-5-17(20)31-26-21)24-19(29)12-27-9-7-23-8-10-27/h1-3,5,11,16,23H,4,6-10,12H2,(H,24,29)(H,25,28,30). The van der Waals surface area contributed by atoms with Gasteiger partial charge in [0.2, 0.25) is 17.7 Å². The van der Waals surface area contributed by atoms with E-state index in [9.17, 15) is 14.4 Å². The molecule has 0 bridgehead atoms. The minimum atomic E-state index is -0.525. The van der Waals surface area contributed by atoms with Crippen molar-refractivity contribution in [3.05, 3.63) is 36.0 Å². The molecule has 1 aromatic heterocycles. The van der Waals surface area contributed by atoms with Gasteiger partial charge in [-0.25, -0.2) is 0 Å². The number of anilines is 1. The van der Waals surface area contributed by atoms with Crippen LogP contribution < -0.4 is 16.0 Å². The van der Waals surface area contributed by atoms with Gasteiger partial charge in [0.05, 0.1) is 17.8 Å². The first-order chi connectivity index (χ1) is 15.1. The van der Waals surface area contributed by atoms with E-state index in [0.29, 0.717) is 29.9 Å². The van der Waals surface area contributed by atoms with Crippen LogP contribution in [-0.2, 0) is 14.4 Å². The molecule has 5 rings (SSSR count). The van der Waals surface area contributed by atoms with Gasteiger partial charge in [0.15, 0.2) is 5.58 Å². The summed E-state index contributed by atoms with van der Waals surface area (Å²) in [5, 5.41) is 15.3. The number of carbonyl (C=O) groups excluding carboxylic acids is 3. The molecule has 0 saturated carbocycles. The number of piperazine rings is 1. The maximum Gasteiger partial charge on any atom is 0.238 e. The Kier molecular flexibility index (Phi) is 5.13. The normalized spacial score (nSPS) is 20.2. The van der Waals surface area contributed by atoms with Crippen molar-refractivity contribution in [1.82, 2.24) is 20.7 Å². The summed E-state index contributed by atoms with van der Waals surface area (Å²) in [6, 6.07) is 9.38. The summed E-state index contributed by atoms with van der Waals surface area (Å²) >= 11 is 0. The summed E-state index contributed by atoms with van der Waals surface area (Å²) in [6.07, 6.45) is 0.682. The zero-order valence-corrected chi connectivity index (χ0v) is 16.9. The Morgan fingerprint density at radius 2 is 2.03 bits per heavy atom. The van der Waals surface area contributed by atoms with Crippen LogP contribution in [0.3, 0.4) is 0 Å². The average molecular weight is 421 g/mol. The molecule has 0 spiro atoms. The Morgan fingerprint density at radius 3 is 2.84 bits per heavy atom. The predicted molar refractivity (Wildman–Crippen MR) is 115 cm³/mol. The number of hydrogen-bond acceptors (Lipinski definition) is 7. The zero-order valence-electron chi connectivity index (χ0n) is 16.9. The summed E-state index contributed by atoms with van der Waals surface area (Å²) in [7, 11) is 0. The van der Waals surface area contributed by atoms with Crippen molar-refractivity contribution < 1.29 is 18.9 Å². The van der Waals surface area contributed by atoms with Gasteiger partial charge < -0.3 is 15.2 Å². The van der Waals surface area contributed by atoms with E-state index < -0.39 is 5.92 Å². The first kappa shape index (κ1) is 19.7. The van der Waals surface area contributed by atoms with Crippen LogP contribution in [0, 0.1) is 0 Å². The number of nitrogens with zero attached hydrogens (tertiary/aromatic N) is 2. The smallest absolute Gasteiger partial charge is 0.238 e. The number of benzene rings is 2. The number of rotatable bonds is 4. The molecule has 2 aliphatic rings. The lowest BCUT2D eigenvalue weighted by atomic mass is 9.91. The quantitative estimate of drug-likeness (QED) is 0.545. The van der Waals surface area contributed by atoms with Gasteiger partial charge in [-0.15, -0.1) is 0 Å². The van der Waals surface area contributed by atoms with Crippen LogP contribution in [0.25, 0.3) is 21.7 Å². The van der Waals surface area contributed by atoms with Crippen LogP contribution >= 0.6 is 0 Å². The van der Waals surface area contributed by atoms with Gasteiger partial charge >= 0.3 is 0 Å². The molecule has 3 heterocycles. The molecule has 0 aliphatic carbocycles. The number of hydrogen-bond donors (Lipinski definition) is 3. The molecule has 3 amide bonds. The van der Waals surface area contributed by atoms with Crippen molar-refractivity contribution in [1.29, 1.82) is 0 Å². The molecule has 3 N–H and O–H groups in total. The molecule has 31 heavy (non-hydrogen) atoms. The Hall–Kier alpha value is -3.30. The summed E-state index contributed by atoms with van der Waals surface area (Å²) < 4.78 is 5.47. The van der Waals surface area contributed by atoms with Crippen LogP contribution in [0.15, 0.2) is 34.9 Å². The fourth-order valence-corrected chi connectivity index (χ4v) is 4.34. The summed E-state index contributed by atoms with van der Waals surface area (Å²) in [6.45, 7) is 3.88. The van der Waals surface area contributed by atoms with E-state index in [4.69, 9.17) is 4.52 Å². The average Bonchev–Trinajstić information content (AvgIpc) is 3.18. The largest absolute Gasteiger partial charge is 0.356 e. The van der Waals surface area contributed by atoms with Crippen LogP contribution in [0.1, 0.15) is 24.5 Å². The molecule has 1 unspecified atom stereocenters. The fourth-order valence-electron chi connectivity index (χ4n) is 4.34. The minimum absolute atomic E-state index is 0.0449. The maximum absolute atomic E-state index is 12.4. The lowest BCUT2D eigenvalue weighted by molar-refractivity contribution is -0.134. The van der Waals surface area contributed by atoms with Gasteiger partial charge in [0.25, 0.3) is 0 Å². The van der Waals surface area contributed by atoms with Gasteiger partial charge in [-0.2, -0.15) is 0 Å². The third-order valence-corrected chi connectivity index (χ3v) is 5.91. The number of fused-ring (bicyclic) bond motifs is 3. The van der Waals surface area contributed by atoms with E-state index in [1.165, 1.54) is 0 Å². The van der Waals surface area contributed by atoms with Crippen molar-refractivity contribution in [2.45, 2.75) is 18.8 Å². The molecule has 160 valence electrons. The third-order valence-electron chi connectivity index (χ3n) is 5.91. The Balaban J connectivity index is 1.42. The summed E-state index contributed by atoms with van der Waals surface area (Å²) in [5.74, 6) is -1.18. The second-order valence-electron chi connectivity index (χ2n) is 8.02. The Morgan fingerprint density at radius 1 is 1.19 bits per heavy atom. The van der Waals surface area contributed by atoms with E-state index in [0.717, 1.165) is 42.3 Å². The molecule has 1 atom stereocenters. The number of nitrogens with one attached hydrogen (secondary N) is 3. The SMILES string of the molecule is O=C1CCC(c2noc3ccc4cc(NC(=O)CN5CCNCC5)ccc4c23)C(=O)N1. The van der Waals surface area contributed by atoms with Crippen molar-refractivity contribution in [2.75, 3.05) is 38.0 Å². The number of amides is 3. The van der Waals surface area contributed by atoms with Gasteiger partial charge in [-0.1, -0.05) is 17.3 Å². The molecule has 0 radical (unpaired) electrons. The number of carbonyl (C=O) groups is 3. The van der Waals surface area contributed by atoms with Gasteiger partial charge in [-0.3, -0.25) is 24.6 Å². The van der Waals surface area contributed by atoms with E-state index in [1.807, 2.05) is 30.3 Å². The van der Waals surface area contributed by atoms with Crippen LogP contribution in [-0.4, -0.2) is 60.5 Å². The number of aromatic nitrogens is 1. The molecule has 2 saturated heterocycles. The van der Waals surface area contributed by atoms with Gasteiger partial charge in [0, 0.05) is 38.3 Å². The number of piperidine rings is 1. The minimum Gasteiger partial charge on any atom is -0.356 e. The highest BCUT2D eigenvalue weighted by molar-refractivity contribution is 6.11. The van der Waals surface area contributed by atoms with E-state index in [1.54, 1.807) is 0 Å². The molecule has 9 nitrogen and oxygen atoms in total. The molecular formula is C22H23N5O4. The van der Waals surface area contributed by atoms with Crippen LogP contribution in [0.4, 0.5) is 5.69 Å². The first-order valence-corrected chi connectivity index (χ1v) is 10.5. The lowest BCUT2D eigenvalue weighted by Crippen LogP contribution is -2.46. The monoisotopic (exact) mass is 421 g/mol. The number of imide groups is 1. The Labute approximate surface area is 178 Å². The highest BCUT2D eigenvalue weighted by Gasteiger charge is 2.32. The van der Waals surface area contributed by atoms with Gasteiger partial charge in [0.1, 0.15) is 5.69 Å². The second kappa shape index (κ2) is 8.09. The fraction of sp³-hybridized carbons (Fsp3) is 0.364. The third kappa shape index (κ3) is 3.89. The van der Waals surface area contributed by atoms with Crippen LogP contribution in [0.5, 0.6) is 0 Å². The topological polar surface area (TPSA) is 117 Å². The molecular weight excluding hydrogens is 398 g/mol. The highest BCUT2D eigenvalue weighted by atomic mass is 16.5. The van der Waals surface area contributed by atoms with E-state index in [-0.39, 0.29) is 24.1 Å². The zero-order chi connectivity index (χ0) is 21.4. The molecule has 2 fully saturated rings. The lowest BCUT2D eigenvalue weighted by Gasteiger charge is -2.26. The predicted octanol–water partition coefficient (Wildman–Crippen LogP) is 1.34. The molecule has 2 aliphatic heterocycles. The van der Waals surface area contributed by atoms with Crippen molar-refractivity contribution in [3.8, 4) is 0 Å². The molecule has 9 heteroatoms. The Bertz CT molecular complexity index is 1180. The van der Waals surface area contributed by atoms with Crippen LogP contribution in [0.2, 0.25) is 0 Å².